The summed E-state index contributed by atoms with van der Waals surface area (Å²) >= 11 is 0. The SMILES string of the molecule is CC(C)C(CNC(C)C1(C)CC1)N1CCCC1. The zero-order valence-corrected chi connectivity index (χ0v) is 12.1. The van der Waals surface area contributed by atoms with Gasteiger partial charge in [-0.25, -0.2) is 0 Å². The van der Waals surface area contributed by atoms with Crippen molar-refractivity contribution >= 4 is 0 Å². The molecule has 2 fully saturated rings. The standard InChI is InChI=1S/C15H30N2/c1-12(2)14(17-9-5-6-10-17)11-16-13(3)15(4)7-8-15/h12-14,16H,5-11H2,1-4H3. The maximum atomic E-state index is 3.80. The van der Waals surface area contributed by atoms with E-state index in [2.05, 4.69) is 37.9 Å². The summed E-state index contributed by atoms with van der Waals surface area (Å²) < 4.78 is 0. The van der Waals surface area contributed by atoms with Gasteiger partial charge in [0, 0.05) is 18.6 Å². The molecule has 100 valence electrons. The van der Waals surface area contributed by atoms with Gasteiger partial charge in [-0.3, -0.25) is 4.90 Å². The van der Waals surface area contributed by atoms with Crippen LogP contribution in [0, 0.1) is 11.3 Å². The molecule has 1 saturated carbocycles. The molecule has 17 heavy (non-hydrogen) atoms. The van der Waals surface area contributed by atoms with E-state index in [1.807, 2.05) is 0 Å². The minimum absolute atomic E-state index is 0.604. The first-order valence-electron chi connectivity index (χ1n) is 7.50. The van der Waals surface area contributed by atoms with Crippen molar-refractivity contribution in [1.82, 2.24) is 10.2 Å². The first kappa shape index (κ1) is 13.4. The van der Waals surface area contributed by atoms with Gasteiger partial charge < -0.3 is 5.32 Å². The Kier molecular flexibility index (Phi) is 4.14. The third-order valence-electron chi connectivity index (χ3n) is 5.10. The molecule has 0 aromatic heterocycles. The van der Waals surface area contributed by atoms with E-state index in [4.69, 9.17) is 0 Å². The minimum atomic E-state index is 0.604. The van der Waals surface area contributed by atoms with Crippen LogP contribution >= 0.6 is 0 Å². The molecule has 0 amide bonds. The Hall–Kier alpha value is -0.0800. The highest BCUT2D eigenvalue weighted by atomic mass is 15.2. The van der Waals surface area contributed by atoms with Gasteiger partial charge in [-0.1, -0.05) is 20.8 Å². The molecule has 2 rings (SSSR count). The zero-order valence-electron chi connectivity index (χ0n) is 12.1. The van der Waals surface area contributed by atoms with Gasteiger partial charge in [-0.05, 0) is 57.0 Å². The summed E-state index contributed by atoms with van der Waals surface area (Å²) in [7, 11) is 0. The molecule has 2 heteroatoms. The maximum Gasteiger partial charge on any atom is 0.0243 e. The first-order chi connectivity index (χ1) is 8.03. The first-order valence-corrected chi connectivity index (χ1v) is 7.50. The van der Waals surface area contributed by atoms with Gasteiger partial charge in [0.25, 0.3) is 0 Å². The summed E-state index contributed by atoms with van der Waals surface area (Å²) in [6, 6.07) is 1.42. The highest BCUT2D eigenvalue weighted by Crippen LogP contribution is 2.47. The van der Waals surface area contributed by atoms with Crippen LogP contribution in [0.15, 0.2) is 0 Å². The number of rotatable bonds is 6. The monoisotopic (exact) mass is 238 g/mol. The van der Waals surface area contributed by atoms with Crippen molar-refractivity contribution in [3.63, 3.8) is 0 Å². The lowest BCUT2D eigenvalue weighted by Gasteiger charge is -2.33. The van der Waals surface area contributed by atoms with Crippen LogP contribution in [-0.2, 0) is 0 Å². The molecule has 1 N–H and O–H groups in total. The predicted molar refractivity (Wildman–Crippen MR) is 74.2 cm³/mol. The fourth-order valence-corrected chi connectivity index (χ4v) is 3.03. The molecule has 0 aromatic rings. The topological polar surface area (TPSA) is 15.3 Å². The van der Waals surface area contributed by atoms with Crippen LogP contribution in [0.2, 0.25) is 0 Å². The van der Waals surface area contributed by atoms with Gasteiger partial charge in [0.1, 0.15) is 0 Å². The number of nitrogens with one attached hydrogen (secondary N) is 1. The molecule has 1 aliphatic carbocycles. The van der Waals surface area contributed by atoms with Crippen LogP contribution in [0.3, 0.4) is 0 Å². The minimum Gasteiger partial charge on any atom is -0.312 e. The van der Waals surface area contributed by atoms with Gasteiger partial charge in [0.05, 0.1) is 0 Å². The van der Waals surface area contributed by atoms with E-state index in [1.54, 1.807) is 0 Å². The van der Waals surface area contributed by atoms with Gasteiger partial charge in [-0.15, -0.1) is 0 Å². The van der Waals surface area contributed by atoms with E-state index in [9.17, 15) is 0 Å². The second kappa shape index (κ2) is 5.27. The maximum absolute atomic E-state index is 3.80. The average molecular weight is 238 g/mol. The summed E-state index contributed by atoms with van der Waals surface area (Å²) in [6.45, 7) is 13.3. The van der Waals surface area contributed by atoms with Crippen LogP contribution in [-0.4, -0.2) is 36.6 Å². The Morgan fingerprint density at radius 3 is 2.18 bits per heavy atom. The largest absolute Gasteiger partial charge is 0.312 e. The normalized spacial score (nSPS) is 27.4. The third kappa shape index (κ3) is 3.23. The van der Waals surface area contributed by atoms with Crippen LogP contribution < -0.4 is 5.32 Å². The van der Waals surface area contributed by atoms with E-state index in [1.165, 1.54) is 45.3 Å². The fourth-order valence-electron chi connectivity index (χ4n) is 3.03. The molecular formula is C15H30N2. The molecule has 2 nitrogen and oxygen atoms in total. The Morgan fingerprint density at radius 2 is 1.71 bits per heavy atom. The molecule has 1 aliphatic heterocycles. The van der Waals surface area contributed by atoms with Crippen LogP contribution in [0.25, 0.3) is 0 Å². The molecule has 1 saturated heterocycles. The average Bonchev–Trinajstić information content (AvgIpc) is 2.81. The van der Waals surface area contributed by atoms with E-state index < -0.39 is 0 Å². The van der Waals surface area contributed by atoms with Crippen molar-refractivity contribution in [2.24, 2.45) is 11.3 Å². The van der Waals surface area contributed by atoms with E-state index in [-0.39, 0.29) is 0 Å². The second-order valence-electron chi connectivity index (χ2n) is 6.84. The van der Waals surface area contributed by atoms with Crippen molar-refractivity contribution in [3.05, 3.63) is 0 Å². The summed E-state index contributed by atoms with van der Waals surface area (Å²) in [5.41, 5.74) is 0.604. The molecule has 0 spiro atoms. The lowest BCUT2D eigenvalue weighted by Crippen LogP contribution is -2.47. The Balaban J connectivity index is 1.80. The van der Waals surface area contributed by atoms with Crippen molar-refractivity contribution in [2.75, 3.05) is 19.6 Å². The van der Waals surface area contributed by atoms with E-state index in [0.29, 0.717) is 11.5 Å². The fraction of sp³-hybridized carbons (Fsp3) is 1.00. The van der Waals surface area contributed by atoms with Gasteiger partial charge >= 0.3 is 0 Å². The highest BCUT2D eigenvalue weighted by Gasteiger charge is 2.42. The van der Waals surface area contributed by atoms with Crippen LogP contribution in [0.1, 0.15) is 53.4 Å². The second-order valence-corrected chi connectivity index (χ2v) is 6.84. The van der Waals surface area contributed by atoms with Gasteiger partial charge in [0.2, 0.25) is 0 Å². The smallest absolute Gasteiger partial charge is 0.0243 e. The number of hydrogen-bond donors (Lipinski definition) is 1. The Labute approximate surface area is 107 Å². The third-order valence-corrected chi connectivity index (χ3v) is 5.10. The molecule has 2 aliphatic rings. The van der Waals surface area contributed by atoms with Crippen molar-refractivity contribution < 1.29 is 0 Å². The lowest BCUT2D eigenvalue weighted by atomic mass is 9.98. The molecular weight excluding hydrogens is 208 g/mol. The van der Waals surface area contributed by atoms with Crippen molar-refractivity contribution in [1.29, 1.82) is 0 Å². The summed E-state index contributed by atoms with van der Waals surface area (Å²) in [4.78, 5) is 2.69. The number of hydrogen-bond acceptors (Lipinski definition) is 2. The van der Waals surface area contributed by atoms with Gasteiger partial charge in [-0.2, -0.15) is 0 Å². The summed E-state index contributed by atoms with van der Waals surface area (Å²) in [6.07, 6.45) is 5.63. The number of nitrogens with zero attached hydrogens (tertiary/aromatic N) is 1. The number of likely N-dealkylation sites (tertiary alicyclic amines) is 1. The summed E-state index contributed by atoms with van der Waals surface area (Å²) in [5.74, 6) is 0.764. The van der Waals surface area contributed by atoms with E-state index >= 15 is 0 Å². The lowest BCUT2D eigenvalue weighted by molar-refractivity contribution is 0.177. The Morgan fingerprint density at radius 1 is 1.12 bits per heavy atom. The van der Waals surface area contributed by atoms with Crippen molar-refractivity contribution in [3.8, 4) is 0 Å². The molecule has 0 bridgehead atoms. The summed E-state index contributed by atoms with van der Waals surface area (Å²) in [5, 5.41) is 3.80. The Bertz CT molecular complexity index is 239. The molecule has 0 aromatic carbocycles. The van der Waals surface area contributed by atoms with Gasteiger partial charge in [0.15, 0.2) is 0 Å². The van der Waals surface area contributed by atoms with Crippen molar-refractivity contribution in [2.45, 2.75) is 65.5 Å². The molecule has 2 unspecified atom stereocenters. The van der Waals surface area contributed by atoms with E-state index in [0.717, 1.165) is 12.0 Å². The highest BCUT2D eigenvalue weighted by molar-refractivity contribution is 4.97. The van der Waals surface area contributed by atoms with Crippen LogP contribution in [0.4, 0.5) is 0 Å². The quantitative estimate of drug-likeness (QED) is 0.765. The van der Waals surface area contributed by atoms with Crippen LogP contribution in [0.5, 0.6) is 0 Å². The molecule has 0 radical (unpaired) electrons. The predicted octanol–water partition coefficient (Wildman–Crippen LogP) is 2.89. The zero-order chi connectivity index (χ0) is 12.5. The molecule has 1 heterocycles. The molecule has 2 atom stereocenters.